The van der Waals surface area contributed by atoms with Crippen LogP contribution in [-0.2, 0) is 4.74 Å². The molecular formula is C21H29N5O3. The molecule has 8 nitrogen and oxygen atoms in total. The van der Waals surface area contributed by atoms with Crippen LogP contribution in [0.4, 0.5) is 10.5 Å². The van der Waals surface area contributed by atoms with E-state index < -0.39 is 11.5 Å². The van der Waals surface area contributed by atoms with Crippen LogP contribution in [0, 0.1) is 0 Å². The van der Waals surface area contributed by atoms with Crippen LogP contribution in [0.15, 0.2) is 24.4 Å². The fraction of sp³-hybridized carbons (Fsp3) is 0.524. The first-order valence-corrected chi connectivity index (χ1v) is 10.00. The molecule has 8 heteroatoms. The molecule has 0 bridgehead atoms. The first-order valence-electron chi connectivity index (χ1n) is 10.00. The monoisotopic (exact) mass is 399 g/mol. The molecule has 1 saturated heterocycles. The normalized spacial score (nSPS) is 15.4. The van der Waals surface area contributed by atoms with E-state index in [-0.39, 0.29) is 12.1 Å². The van der Waals surface area contributed by atoms with Gasteiger partial charge in [-0.3, -0.25) is 4.79 Å². The summed E-state index contributed by atoms with van der Waals surface area (Å²) in [6.45, 7) is 9.81. The molecule has 1 aromatic heterocycles. The molecule has 0 atom stereocenters. The SMILES string of the molecule is CCN(C(=O)OC(C)(C)C)C1CCN(c2ccc(C(N)=O)c3nnccc23)CC1. The number of piperidine rings is 1. The van der Waals surface area contributed by atoms with E-state index in [2.05, 4.69) is 15.1 Å². The number of aromatic nitrogens is 2. The Labute approximate surface area is 171 Å². The van der Waals surface area contributed by atoms with Crippen LogP contribution in [0.3, 0.4) is 0 Å². The number of fused-ring (bicyclic) bond motifs is 1. The number of anilines is 1. The zero-order valence-electron chi connectivity index (χ0n) is 17.5. The van der Waals surface area contributed by atoms with E-state index in [0.717, 1.165) is 37.0 Å². The van der Waals surface area contributed by atoms with Crippen LogP contribution < -0.4 is 10.6 Å². The minimum absolute atomic E-state index is 0.141. The van der Waals surface area contributed by atoms with Crippen LogP contribution >= 0.6 is 0 Å². The average Bonchev–Trinajstić information content (AvgIpc) is 2.67. The van der Waals surface area contributed by atoms with Crippen LogP contribution in [-0.4, -0.2) is 58.4 Å². The number of hydrogen-bond acceptors (Lipinski definition) is 6. The van der Waals surface area contributed by atoms with Crippen LogP contribution in [0.5, 0.6) is 0 Å². The minimum atomic E-state index is -0.517. The second kappa shape index (κ2) is 8.23. The number of amides is 2. The highest BCUT2D eigenvalue weighted by Gasteiger charge is 2.30. The van der Waals surface area contributed by atoms with Crippen LogP contribution in [0.1, 0.15) is 50.9 Å². The second-order valence-corrected chi connectivity index (χ2v) is 8.27. The van der Waals surface area contributed by atoms with Gasteiger partial charge >= 0.3 is 6.09 Å². The van der Waals surface area contributed by atoms with Crippen molar-refractivity contribution in [3.63, 3.8) is 0 Å². The Morgan fingerprint density at radius 3 is 2.52 bits per heavy atom. The number of rotatable bonds is 4. The summed E-state index contributed by atoms with van der Waals surface area (Å²) in [6, 6.07) is 5.62. The van der Waals surface area contributed by atoms with Crippen molar-refractivity contribution in [1.29, 1.82) is 0 Å². The van der Waals surface area contributed by atoms with Crippen LogP contribution in [0.2, 0.25) is 0 Å². The van der Waals surface area contributed by atoms with Gasteiger partial charge in [0.2, 0.25) is 0 Å². The van der Waals surface area contributed by atoms with E-state index >= 15 is 0 Å². The maximum absolute atomic E-state index is 12.5. The summed E-state index contributed by atoms with van der Waals surface area (Å²) in [6.07, 6.45) is 3.03. The molecule has 2 amide bonds. The first-order chi connectivity index (χ1) is 13.7. The summed E-state index contributed by atoms with van der Waals surface area (Å²) in [5.74, 6) is -0.517. The fourth-order valence-corrected chi connectivity index (χ4v) is 3.82. The number of primary amides is 1. The maximum Gasteiger partial charge on any atom is 0.410 e. The molecule has 0 unspecified atom stereocenters. The minimum Gasteiger partial charge on any atom is -0.444 e. The highest BCUT2D eigenvalue weighted by atomic mass is 16.6. The van der Waals surface area contributed by atoms with Gasteiger partial charge in [-0.1, -0.05) is 0 Å². The van der Waals surface area contributed by atoms with Gasteiger partial charge in [0.15, 0.2) is 0 Å². The Bertz CT molecular complexity index is 901. The third-order valence-corrected chi connectivity index (χ3v) is 5.14. The average molecular weight is 399 g/mol. The molecule has 0 spiro atoms. The smallest absolute Gasteiger partial charge is 0.410 e. The maximum atomic E-state index is 12.5. The Morgan fingerprint density at radius 2 is 1.93 bits per heavy atom. The number of benzene rings is 1. The molecule has 2 aromatic rings. The van der Waals surface area contributed by atoms with Gasteiger partial charge < -0.3 is 20.3 Å². The quantitative estimate of drug-likeness (QED) is 0.848. The van der Waals surface area contributed by atoms with Gasteiger partial charge in [0.05, 0.1) is 11.8 Å². The zero-order valence-corrected chi connectivity index (χ0v) is 17.5. The Kier molecular flexibility index (Phi) is 5.91. The Hall–Kier alpha value is -2.90. The van der Waals surface area contributed by atoms with E-state index in [0.29, 0.717) is 17.6 Å². The molecule has 1 fully saturated rings. The van der Waals surface area contributed by atoms with Crippen molar-refractivity contribution in [2.24, 2.45) is 5.73 Å². The third-order valence-electron chi connectivity index (χ3n) is 5.14. The van der Waals surface area contributed by atoms with Crippen LogP contribution in [0.25, 0.3) is 10.9 Å². The molecule has 2 N–H and O–H groups in total. The molecular weight excluding hydrogens is 370 g/mol. The van der Waals surface area contributed by atoms with Gasteiger partial charge in [-0.05, 0) is 58.7 Å². The lowest BCUT2D eigenvalue weighted by molar-refractivity contribution is 0.0149. The van der Waals surface area contributed by atoms with Gasteiger partial charge in [0, 0.05) is 36.7 Å². The van der Waals surface area contributed by atoms with Crippen molar-refractivity contribution in [3.05, 3.63) is 30.0 Å². The molecule has 1 aromatic carbocycles. The molecule has 1 aliphatic heterocycles. The molecule has 1 aliphatic rings. The lowest BCUT2D eigenvalue weighted by atomic mass is 10.0. The number of nitrogens with two attached hydrogens (primary N) is 1. The fourth-order valence-electron chi connectivity index (χ4n) is 3.82. The number of carbonyl (C=O) groups excluding carboxylic acids is 2. The zero-order chi connectivity index (χ0) is 21.2. The summed E-state index contributed by atoms with van der Waals surface area (Å²) >= 11 is 0. The first kappa shape index (κ1) is 20.8. The summed E-state index contributed by atoms with van der Waals surface area (Å²) in [4.78, 5) is 28.3. The van der Waals surface area contributed by atoms with E-state index in [1.54, 1.807) is 12.3 Å². The molecule has 156 valence electrons. The van der Waals surface area contributed by atoms with Crippen molar-refractivity contribution in [3.8, 4) is 0 Å². The molecule has 0 saturated carbocycles. The Morgan fingerprint density at radius 1 is 1.24 bits per heavy atom. The van der Waals surface area contributed by atoms with Crippen molar-refractivity contribution < 1.29 is 14.3 Å². The molecule has 3 rings (SSSR count). The highest BCUT2D eigenvalue weighted by Crippen LogP contribution is 2.31. The van der Waals surface area contributed by atoms with Gasteiger partial charge in [0.1, 0.15) is 11.1 Å². The molecule has 0 aliphatic carbocycles. The Balaban J connectivity index is 1.77. The second-order valence-electron chi connectivity index (χ2n) is 8.27. The number of ether oxygens (including phenoxy) is 1. The molecule has 0 radical (unpaired) electrons. The van der Waals surface area contributed by atoms with E-state index in [4.69, 9.17) is 10.5 Å². The standard InChI is InChI=1S/C21H29N5O3/c1-5-26(20(28)29-21(2,3)4)14-9-12-25(13-10-14)17-7-6-16(19(22)27)18-15(17)8-11-23-24-18/h6-8,11,14H,5,9-10,12-13H2,1-4H3,(H2,22,27). The topological polar surface area (TPSA) is 102 Å². The number of hydrogen-bond donors (Lipinski definition) is 1. The lowest BCUT2D eigenvalue weighted by Crippen LogP contribution is -2.48. The van der Waals surface area contributed by atoms with E-state index in [1.165, 1.54) is 0 Å². The largest absolute Gasteiger partial charge is 0.444 e. The molecule has 2 heterocycles. The van der Waals surface area contributed by atoms with Gasteiger partial charge in [-0.25, -0.2) is 4.79 Å². The van der Waals surface area contributed by atoms with Crippen molar-refractivity contribution in [1.82, 2.24) is 15.1 Å². The van der Waals surface area contributed by atoms with Gasteiger partial charge in [-0.2, -0.15) is 5.10 Å². The summed E-state index contributed by atoms with van der Waals surface area (Å²) in [5.41, 5.74) is 6.86. The summed E-state index contributed by atoms with van der Waals surface area (Å²) < 4.78 is 5.56. The summed E-state index contributed by atoms with van der Waals surface area (Å²) in [5, 5.41) is 8.88. The van der Waals surface area contributed by atoms with Gasteiger partial charge in [0.25, 0.3) is 5.91 Å². The highest BCUT2D eigenvalue weighted by molar-refractivity contribution is 6.08. The molecule has 29 heavy (non-hydrogen) atoms. The van der Waals surface area contributed by atoms with Crippen molar-refractivity contribution >= 4 is 28.6 Å². The number of carbonyl (C=O) groups is 2. The number of nitrogens with zero attached hydrogens (tertiary/aromatic N) is 4. The van der Waals surface area contributed by atoms with Gasteiger partial charge in [-0.15, -0.1) is 5.10 Å². The van der Waals surface area contributed by atoms with Crippen molar-refractivity contribution in [2.45, 2.75) is 52.2 Å². The van der Waals surface area contributed by atoms with E-state index in [1.807, 2.05) is 44.7 Å². The van der Waals surface area contributed by atoms with Crippen molar-refractivity contribution in [2.75, 3.05) is 24.5 Å². The predicted molar refractivity (Wildman–Crippen MR) is 112 cm³/mol. The summed E-state index contributed by atoms with van der Waals surface area (Å²) in [7, 11) is 0. The third kappa shape index (κ3) is 4.58. The lowest BCUT2D eigenvalue weighted by Gasteiger charge is -2.39. The predicted octanol–water partition coefficient (Wildman–Crippen LogP) is 2.95. The van der Waals surface area contributed by atoms with E-state index in [9.17, 15) is 9.59 Å².